The highest BCUT2D eigenvalue weighted by molar-refractivity contribution is 6.31. The van der Waals surface area contributed by atoms with E-state index in [-0.39, 0.29) is 12.4 Å². The molecule has 0 bridgehead atoms. The van der Waals surface area contributed by atoms with E-state index in [1.54, 1.807) is 12.1 Å². The zero-order valence-corrected chi connectivity index (χ0v) is 9.04. The van der Waals surface area contributed by atoms with Gasteiger partial charge in [-0.1, -0.05) is 17.7 Å². The standard InChI is InChI=1S/C11H13ClFNO/c12-10-2-1-3-11(13)9(10)6-14-4-8(5-14)7-15/h1-3,8,15H,4-7H2. The number of aliphatic hydroxyl groups excluding tert-OH is 1. The number of aliphatic hydroxyl groups is 1. The van der Waals surface area contributed by atoms with Crippen LogP contribution in [-0.4, -0.2) is 29.7 Å². The number of hydrogen-bond acceptors (Lipinski definition) is 2. The van der Waals surface area contributed by atoms with Crippen molar-refractivity contribution in [1.82, 2.24) is 4.90 Å². The zero-order valence-electron chi connectivity index (χ0n) is 8.29. The van der Waals surface area contributed by atoms with E-state index in [0.717, 1.165) is 13.1 Å². The smallest absolute Gasteiger partial charge is 0.129 e. The zero-order chi connectivity index (χ0) is 10.8. The number of hydrogen-bond donors (Lipinski definition) is 1. The number of benzene rings is 1. The molecule has 1 aromatic carbocycles. The van der Waals surface area contributed by atoms with Crippen molar-refractivity contribution >= 4 is 11.6 Å². The monoisotopic (exact) mass is 229 g/mol. The third-order valence-corrected chi connectivity index (χ3v) is 3.09. The summed E-state index contributed by atoms with van der Waals surface area (Å²) in [4.78, 5) is 2.07. The van der Waals surface area contributed by atoms with Crippen LogP contribution >= 0.6 is 11.6 Å². The van der Waals surface area contributed by atoms with Gasteiger partial charge in [0.25, 0.3) is 0 Å². The molecule has 0 saturated carbocycles. The fraction of sp³-hybridized carbons (Fsp3) is 0.455. The average molecular weight is 230 g/mol. The molecular weight excluding hydrogens is 217 g/mol. The van der Waals surface area contributed by atoms with Crippen molar-refractivity contribution in [1.29, 1.82) is 0 Å². The Labute approximate surface area is 93.3 Å². The van der Waals surface area contributed by atoms with Crippen LogP contribution in [0, 0.1) is 11.7 Å². The molecule has 1 fully saturated rings. The number of likely N-dealkylation sites (tertiary alicyclic amines) is 1. The van der Waals surface area contributed by atoms with Crippen molar-refractivity contribution in [2.45, 2.75) is 6.54 Å². The normalized spacial score (nSPS) is 17.8. The lowest BCUT2D eigenvalue weighted by atomic mass is 10.0. The van der Waals surface area contributed by atoms with Gasteiger partial charge in [0, 0.05) is 42.7 Å². The summed E-state index contributed by atoms with van der Waals surface area (Å²) in [6, 6.07) is 4.72. The van der Waals surface area contributed by atoms with Crippen molar-refractivity contribution in [3.63, 3.8) is 0 Å². The Morgan fingerprint density at radius 2 is 2.20 bits per heavy atom. The molecule has 0 spiro atoms. The SMILES string of the molecule is OCC1CN(Cc2c(F)cccc2Cl)C1. The van der Waals surface area contributed by atoms with Gasteiger partial charge in [0.15, 0.2) is 0 Å². The van der Waals surface area contributed by atoms with Crippen LogP contribution in [0.4, 0.5) is 4.39 Å². The number of rotatable bonds is 3. The Morgan fingerprint density at radius 1 is 1.47 bits per heavy atom. The van der Waals surface area contributed by atoms with Crippen LogP contribution in [-0.2, 0) is 6.54 Å². The summed E-state index contributed by atoms with van der Waals surface area (Å²) in [6.07, 6.45) is 0. The maximum absolute atomic E-state index is 13.4. The van der Waals surface area contributed by atoms with Gasteiger partial charge in [-0.15, -0.1) is 0 Å². The fourth-order valence-corrected chi connectivity index (χ4v) is 2.05. The Bertz CT molecular complexity index is 332. The van der Waals surface area contributed by atoms with Gasteiger partial charge < -0.3 is 5.11 Å². The van der Waals surface area contributed by atoms with E-state index in [4.69, 9.17) is 16.7 Å². The van der Waals surface area contributed by atoms with Crippen LogP contribution in [0.15, 0.2) is 18.2 Å². The van der Waals surface area contributed by atoms with Crippen LogP contribution in [0.5, 0.6) is 0 Å². The molecule has 4 heteroatoms. The molecular formula is C11H13ClFNO. The molecule has 82 valence electrons. The third kappa shape index (κ3) is 2.30. The molecule has 15 heavy (non-hydrogen) atoms. The van der Waals surface area contributed by atoms with E-state index >= 15 is 0 Å². The summed E-state index contributed by atoms with van der Waals surface area (Å²) >= 11 is 5.91. The molecule has 2 rings (SSSR count). The topological polar surface area (TPSA) is 23.5 Å². The van der Waals surface area contributed by atoms with Crippen molar-refractivity contribution in [2.75, 3.05) is 19.7 Å². The van der Waals surface area contributed by atoms with Crippen molar-refractivity contribution < 1.29 is 9.50 Å². The third-order valence-electron chi connectivity index (χ3n) is 2.73. The van der Waals surface area contributed by atoms with Crippen LogP contribution in [0.2, 0.25) is 5.02 Å². The molecule has 1 N–H and O–H groups in total. The van der Waals surface area contributed by atoms with Gasteiger partial charge in [0.2, 0.25) is 0 Å². The fourth-order valence-electron chi connectivity index (χ4n) is 1.83. The molecule has 0 unspecified atom stereocenters. The van der Waals surface area contributed by atoms with E-state index in [0.29, 0.717) is 23.0 Å². The Hall–Kier alpha value is -0.640. The van der Waals surface area contributed by atoms with Crippen molar-refractivity contribution in [3.8, 4) is 0 Å². The molecule has 0 atom stereocenters. The molecule has 0 aromatic heterocycles. The van der Waals surface area contributed by atoms with Gasteiger partial charge in [-0.25, -0.2) is 4.39 Å². The molecule has 1 aromatic rings. The molecule has 2 nitrogen and oxygen atoms in total. The average Bonchev–Trinajstić information content (AvgIpc) is 2.14. The summed E-state index contributed by atoms with van der Waals surface area (Å²) < 4.78 is 13.4. The molecule has 1 aliphatic rings. The van der Waals surface area contributed by atoms with E-state index in [9.17, 15) is 4.39 Å². The van der Waals surface area contributed by atoms with Gasteiger partial charge >= 0.3 is 0 Å². The summed E-state index contributed by atoms with van der Waals surface area (Å²) in [5.74, 6) is 0.0884. The summed E-state index contributed by atoms with van der Waals surface area (Å²) in [7, 11) is 0. The van der Waals surface area contributed by atoms with Gasteiger partial charge in [-0.2, -0.15) is 0 Å². The molecule has 0 amide bonds. The van der Waals surface area contributed by atoms with Gasteiger partial charge in [0.1, 0.15) is 5.82 Å². The van der Waals surface area contributed by atoms with Gasteiger partial charge in [-0.05, 0) is 12.1 Å². The lowest BCUT2D eigenvalue weighted by Gasteiger charge is -2.38. The highest BCUT2D eigenvalue weighted by Gasteiger charge is 2.26. The number of nitrogens with zero attached hydrogens (tertiary/aromatic N) is 1. The first-order chi connectivity index (χ1) is 7.20. The summed E-state index contributed by atoms with van der Waals surface area (Å²) in [5.41, 5.74) is 0.551. The maximum atomic E-state index is 13.4. The van der Waals surface area contributed by atoms with E-state index in [1.807, 2.05) is 0 Å². The number of halogens is 2. The van der Waals surface area contributed by atoms with Crippen LogP contribution in [0.25, 0.3) is 0 Å². The summed E-state index contributed by atoms with van der Waals surface area (Å²) in [6.45, 7) is 2.38. The lowest BCUT2D eigenvalue weighted by Crippen LogP contribution is -2.47. The minimum Gasteiger partial charge on any atom is -0.396 e. The highest BCUT2D eigenvalue weighted by atomic mass is 35.5. The van der Waals surface area contributed by atoms with Crippen LogP contribution < -0.4 is 0 Å². The lowest BCUT2D eigenvalue weighted by molar-refractivity contribution is 0.0472. The predicted octanol–water partition coefficient (Wildman–Crippen LogP) is 1.90. The minimum atomic E-state index is -0.255. The Kier molecular flexibility index (Phi) is 3.24. The molecule has 0 aliphatic carbocycles. The van der Waals surface area contributed by atoms with Crippen LogP contribution in [0.3, 0.4) is 0 Å². The van der Waals surface area contributed by atoms with E-state index < -0.39 is 0 Å². The second kappa shape index (κ2) is 4.47. The van der Waals surface area contributed by atoms with E-state index in [2.05, 4.69) is 4.90 Å². The summed E-state index contributed by atoms with van der Waals surface area (Å²) in [5, 5.41) is 9.33. The molecule has 1 aliphatic heterocycles. The highest BCUT2D eigenvalue weighted by Crippen LogP contribution is 2.24. The van der Waals surface area contributed by atoms with Crippen molar-refractivity contribution in [3.05, 3.63) is 34.6 Å². The second-order valence-electron chi connectivity index (χ2n) is 3.94. The molecule has 0 radical (unpaired) electrons. The van der Waals surface area contributed by atoms with E-state index in [1.165, 1.54) is 6.07 Å². The quantitative estimate of drug-likeness (QED) is 0.856. The first-order valence-corrected chi connectivity index (χ1v) is 5.34. The van der Waals surface area contributed by atoms with Gasteiger partial charge in [0.05, 0.1) is 0 Å². The first kappa shape index (κ1) is 10.9. The largest absolute Gasteiger partial charge is 0.396 e. The predicted molar refractivity (Wildman–Crippen MR) is 57.3 cm³/mol. The molecule has 1 saturated heterocycles. The second-order valence-corrected chi connectivity index (χ2v) is 4.35. The Morgan fingerprint density at radius 3 is 2.80 bits per heavy atom. The minimum absolute atomic E-state index is 0.210. The molecule has 1 heterocycles. The Balaban J connectivity index is 2.00. The van der Waals surface area contributed by atoms with Crippen LogP contribution in [0.1, 0.15) is 5.56 Å². The first-order valence-electron chi connectivity index (χ1n) is 4.97. The maximum Gasteiger partial charge on any atom is 0.129 e. The van der Waals surface area contributed by atoms with Gasteiger partial charge in [-0.3, -0.25) is 4.90 Å². The van der Waals surface area contributed by atoms with Crippen molar-refractivity contribution in [2.24, 2.45) is 5.92 Å².